The highest BCUT2D eigenvalue weighted by Gasteiger charge is 2.11. The lowest BCUT2D eigenvalue weighted by Crippen LogP contribution is -2.04. The standard InChI is InChI=1S/C14H15NOS/c1-3-11-6-7-14(17-11)13(16)9-12-10(2)5-4-8-15-12/h4-8H,3,9H2,1-2H3. The molecule has 0 aliphatic carbocycles. The highest BCUT2D eigenvalue weighted by Crippen LogP contribution is 2.19. The van der Waals surface area contributed by atoms with Gasteiger partial charge in [-0.1, -0.05) is 13.0 Å². The second-order valence-corrected chi connectivity index (χ2v) is 5.15. The number of carbonyl (C=O) groups is 1. The molecule has 0 spiro atoms. The minimum atomic E-state index is 0.163. The summed E-state index contributed by atoms with van der Waals surface area (Å²) < 4.78 is 0. The molecule has 2 aromatic heterocycles. The largest absolute Gasteiger partial charge is 0.293 e. The maximum absolute atomic E-state index is 12.1. The van der Waals surface area contributed by atoms with Crippen LogP contribution in [0.2, 0.25) is 0 Å². The van der Waals surface area contributed by atoms with Gasteiger partial charge in [-0.3, -0.25) is 9.78 Å². The van der Waals surface area contributed by atoms with Gasteiger partial charge in [0.15, 0.2) is 5.78 Å². The molecule has 88 valence electrons. The molecule has 0 aromatic carbocycles. The van der Waals surface area contributed by atoms with Gasteiger partial charge in [0.2, 0.25) is 0 Å². The molecular weight excluding hydrogens is 230 g/mol. The van der Waals surface area contributed by atoms with Crippen molar-refractivity contribution >= 4 is 17.1 Å². The Morgan fingerprint density at radius 2 is 2.18 bits per heavy atom. The number of rotatable bonds is 4. The first kappa shape index (κ1) is 12.0. The molecular formula is C14H15NOS. The van der Waals surface area contributed by atoms with Crippen LogP contribution in [0, 0.1) is 6.92 Å². The van der Waals surface area contributed by atoms with Crippen molar-refractivity contribution in [3.05, 3.63) is 51.5 Å². The monoisotopic (exact) mass is 245 g/mol. The lowest BCUT2D eigenvalue weighted by molar-refractivity contribution is 0.0995. The molecule has 0 aliphatic heterocycles. The summed E-state index contributed by atoms with van der Waals surface area (Å²) in [5.74, 6) is 0.163. The summed E-state index contributed by atoms with van der Waals surface area (Å²) in [7, 11) is 0. The van der Waals surface area contributed by atoms with Crippen LogP contribution in [0.5, 0.6) is 0 Å². The van der Waals surface area contributed by atoms with E-state index in [1.54, 1.807) is 17.5 Å². The van der Waals surface area contributed by atoms with Crippen LogP contribution in [0.15, 0.2) is 30.5 Å². The molecule has 0 radical (unpaired) electrons. The predicted octanol–water partition coefficient (Wildman–Crippen LogP) is 3.44. The van der Waals surface area contributed by atoms with Crippen LogP contribution < -0.4 is 0 Å². The van der Waals surface area contributed by atoms with Crippen molar-refractivity contribution in [1.82, 2.24) is 4.98 Å². The van der Waals surface area contributed by atoms with Crippen LogP contribution in [0.25, 0.3) is 0 Å². The van der Waals surface area contributed by atoms with Crippen molar-refractivity contribution in [2.45, 2.75) is 26.7 Å². The number of aryl methyl sites for hydroxylation is 2. The van der Waals surface area contributed by atoms with Crippen LogP contribution in [0.4, 0.5) is 0 Å². The number of thiophene rings is 1. The number of carbonyl (C=O) groups excluding carboxylic acids is 1. The van der Waals surface area contributed by atoms with Gasteiger partial charge in [0.1, 0.15) is 0 Å². The summed E-state index contributed by atoms with van der Waals surface area (Å²) in [6.45, 7) is 4.09. The number of hydrogen-bond donors (Lipinski definition) is 0. The van der Waals surface area contributed by atoms with E-state index in [2.05, 4.69) is 11.9 Å². The molecule has 0 bridgehead atoms. The molecule has 0 unspecified atom stereocenters. The third kappa shape index (κ3) is 2.80. The molecule has 0 atom stereocenters. The minimum Gasteiger partial charge on any atom is -0.293 e. The maximum atomic E-state index is 12.1. The second-order valence-electron chi connectivity index (χ2n) is 3.99. The molecule has 0 saturated carbocycles. The Labute approximate surface area is 105 Å². The van der Waals surface area contributed by atoms with Crippen LogP contribution in [0.1, 0.15) is 32.7 Å². The van der Waals surface area contributed by atoms with Crippen molar-refractivity contribution in [1.29, 1.82) is 0 Å². The number of pyridine rings is 1. The summed E-state index contributed by atoms with van der Waals surface area (Å²) in [6.07, 6.45) is 3.12. The lowest BCUT2D eigenvalue weighted by Gasteiger charge is -2.01. The first-order valence-corrected chi connectivity index (χ1v) is 6.54. The van der Waals surface area contributed by atoms with E-state index in [9.17, 15) is 4.79 Å². The van der Waals surface area contributed by atoms with Gasteiger partial charge in [-0.25, -0.2) is 0 Å². The van der Waals surface area contributed by atoms with E-state index < -0.39 is 0 Å². The fourth-order valence-corrected chi connectivity index (χ4v) is 2.55. The Balaban J connectivity index is 2.14. The normalized spacial score (nSPS) is 10.5. The second kappa shape index (κ2) is 5.23. The van der Waals surface area contributed by atoms with E-state index in [0.717, 1.165) is 22.6 Å². The fourth-order valence-electron chi connectivity index (χ4n) is 1.66. The van der Waals surface area contributed by atoms with E-state index >= 15 is 0 Å². The van der Waals surface area contributed by atoms with Crippen LogP contribution in [-0.4, -0.2) is 10.8 Å². The zero-order valence-electron chi connectivity index (χ0n) is 10.1. The van der Waals surface area contributed by atoms with E-state index in [0.29, 0.717) is 6.42 Å². The van der Waals surface area contributed by atoms with Crippen LogP contribution in [0.3, 0.4) is 0 Å². The smallest absolute Gasteiger partial charge is 0.178 e. The first-order valence-electron chi connectivity index (χ1n) is 5.73. The molecule has 2 heterocycles. The number of Topliss-reactive ketones (excluding diaryl/α,β-unsaturated/α-hetero) is 1. The Bertz CT molecular complexity index is 531. The predicted molar refractivity (Wildman–Crippen MR) is 70.7 cm³/mol. The molecule has 0 saturated heterocycles. The van der Waals surface area contributed by atoms with Gasteiger partial charge in [0, 0.05) is 11.1 Å². The quantitative estimate of drug-likeness (QED) is 0.772. The van der Waals surface area contributed by atoms with E-state index in [-0.39, 0.29) is 5.78 Å². The lowest BCUT2D eigenvalue weighted by atomic mass is 10.1. The molecule has 0 fully saturated rings. The molecule has 0 amide bonds. The van der Waals surface area contributed by atoms with Crippen molar-refractivity contribution in [3.63, 3.8) is 0 Å². The van der Waals surface area contributed by atoms with Crippen LogP contribution in [-0.2, 0) is 12.8 Å². The highest BCUT2D eigenvalue weighted by molar-refractivity contribution is 7.14. The van der Waals surface area contributed by atoms with Crippen molar-refractivity contribution < 1.29 is 4.79 Å². The van der Waals surface area contributed by atoms with Crippen molar-refractivity contribution in [3.8, 4) is 0 Å². The average Bonchev–Trinajstić information content (AvgIpc) is 2.81. The number of hydrogen-bond acceptors (Lipinski definition) is 3. The molecule has 0 aliphatic rings. The molecule has 0 N–H and O–H groups in total. The highest BCUT2D eigenvalue weighted by atomic mass is 32.1. The molecule has 17 heavy (non-hydrogen) atoms. The molecule has 2 nitrogen and oxygen atoms in total. The van der Waals surface area contributed by atoms with Gasteiger partial charge in [0.05, 0.1) is 17.0 Å². The van der Waals surface area contributed by atoms with Crippen molar-refractivity contribution in [2.24, 2.45) is 0 Å². The van der Waals surface area contributed by atoms with E-state index in [4.69, 9.17) is 0 Å². The van der Waals surface area contributed by atoms with E-state index in [1.807, 2.05) is 31.2 Å². The molecule has 3 heteroatoms. The number of nitrogens with zero attached hydrogens (tertiary/aromatic N) is 1. The van der Waals surface area contributed by atoms with Crippen molar-refractivity contribution in [2.75, 3.05) is 0 Å². The Morgan fingerprint density at radius 1 is 1.35 bits per heavy atom. The van der Waals surface area contributed by atoms with Gasteiger partial charge < -0.3 is 0 Å². The third-order valence-corrected chi connectivity index (χ3v) is 4.00. The third-order valence-electron chi connectivity index (χ3n) is 2.73. The molecule has 2 aromatic rings. The Hall–Kier alpha value is -1.48. The minimum absolute atomic E-state index is 0.163. The van der Waals surface area contributed by atoms with Gasteiger partial charge >= 0.3 is 0 Å². The Morgan fingerprint density at radius 3 is 2.82 bits per heavy atom. The zero-order chi connectivity index (χ0) is 12.3. The van der Waals surface area contributed by atoms with Gasteiger partial charge in [-0.15, -0.1) is 11.3 Å². The average molecular weight is 245 g/mol. The summed E-state index contributed by atoms with van der Waals surface area (Å²) in [4.78, 5) is 18.4. The topological polar surface area (TPSA) is 30.0 Å². The fraction of sp³-hybridized carbons (Fsp3) is 0.286. The van der Waals surface area contributed by atoms with Gasteiger partial charge in [-0.2, -0.15) is 0 Å². The summed E-state index contributed by atoms with van der Waals surface area (Å²) in [5.41, 5.74) is 1.96. The first-order chi connectivity index (χ1) is 8.20. The number of ketones is 1. The van der Waals surface area contributed by atoms with Gasteiger partial charge in [0.25, 0.3) is 0 Å². The molecule has 2 rings (SSSR count). The zero-order valence-corrected chi connectivity index (χ0v) is 10.9. The summed E-state index contributed by atoms with van der Waals surface area (Å²) >= 11 is 1.59. The number of aromatic nitrogens is 1. The van der Waals surface area contributed by atoms with E-state index in [1.165, 1.54) is 4.88 Å². The SMILES string of the molecule is CCc1ccc(C(=O)Cc2ncccc2C)s1. The summed E-state index contributed by atoms with van der Waals surface area (Å²) in [6, 6.07) is 7.83. The Kier molecular flexibility index (Phi) is 3.69. The maximum Gasteiger partial charge on any atom is 0.178 e. The van der Waals surface area contributed by atoms with Gasteiger partial charge in [-0.05, 0) is 37.1 Å². The van der Waals surface area contributed by atoms with Crippen LogP contribution >= 0.6 is 11.3 Å². The summed E-state index contributed by atoms with van der Waals surface area (Å²) in [5, 5.41) is 0.